The SMILES string of the molecule is O=[N+]([O-])c1cc2c(cc1CO[C@@H]1OC(CO)[C@@H](O[C@@H]3OC(CO)[C@H](O)C(O)C3O)C(O)C1O)OCO2. The van der Waals surface area contributed by atoms with Gasteiger partial charge in [-0.25, -0.2) is 0 Å². The summed E-state index contributed by atoms with van der Waals surface area (Å²) in [5.41, 5.74) is -0.276. The Morgan fingerprint density at radius 1 is 0.861 bits per heavy atom. The summed E-state index contributed by atoms with van der Waals surface area (Å²) in [5, 5.41) is 81.7. The summed E-state index contributed by atoms with van der Waals surface area (Å²) in [4.78, 5) is 10.8. The first-order valence-electron chi connectivity index (χ1n) is 10.9. The number of fused-ring (bicyclic) bond motifs is 1. The van der Waals surface area contributed by atoms with Gasteiger partial charge in [0.2, 0.25) is 6.79 Å². The Hall–Kier alpha value is -2.22. The van der Waals surface area contributed by atoms with Crippen molar-refractivity contribution in [2.45, 2.75) is 68.0 Å². The maximum Gasteiger partial charge on any atom is 0.278 e. The van der Waals surface area contributed by atoms with Crippen LogP contribution in [0, 0.1) is 10.1 Å². The van der Waals surface area contributed by atoms with Crippen LogP contribution in [0.1, 0.15) is 5.56 Å². The van der Waals surface area contributed by atoms with Crippen molar-refractivity contribution in [1.29, 1.82) is 0 Å². The van der Waals surface area contributed by atoms with Crippen molar-refractivity contribution < 1.29 is 69.1 Å². The molecule has 202 valence electrons. The number of aliphatic hydroxyl groups excluding tert-OH is 7. The van der Waals surface area contributed by atoms with Crippen LogP contribution in [0.25, 0.3) is 0 Å². The molecule has 0 amide bonds. The lowest BCUT2D eigenvalue weighted by Crippen LogP contribution is -2.64. The fourth-order valence-electron chi connectivity index (χ4n) is 4.12. The predicted molar refractivity (Wildman–Crippen MR) is 110 cm³/mol. The molecule has 36 heavy (non-hydrogen) atoms. The monoisotopic (exact) mass is 521 g/mol. The van der Waals surface area contributed by atoms with E-state index in [-0.39, 0.29) is 29.5 Å². The van der Waals surface area contributed by atoms with Gasteiger partial charge >= 0.3 is 0 Å². The van der Waals surface area contributed by atoms with Crippen molar-refractivity contribution in [1.82, 2.24) is 0 Å². The van der Waals surface area contributed by atoms with Crippen LogP contribution in [0.3, 0.4) is 0 Å². The third-order valence-electron chi connectivity index (χ3n) is 6.13. The molecule has 3 aliphatic rings. The summed E-state index contributed by atoms with van der Waals surface area (Å²) in [5.74, 6) is 0.439. The van der Waals surface area contributed by atoms with Crippen LogP contribution < -0.4 is 9.47 Å². The number of nitrogens with zero attached hydrogens (tertiary/aromatic N) is 1. The van der Waals surface area contributed by atoms with Crippen LogP contribution in [0.5, 0.6) is 11.5 Å². The highest BCUT2D eigenvalue weighted by molar-refractivity contribution is 5.55. The second kappa shape index (κ2) is 11.0. The van der Waals surface area contributed by atoms with Crippen LogP contribution in [0.15, 0.2) is 12.1 Å². The maximum atomic E-state index is 11.4. The second-order valence-electron chi connectivity index (χ2n) is 8.41. The molecule has 4 rings (SSSR count). The van der Waals surface area contributed by atoms with E-state index in [9.17, 15) is 45.9 Å². The first kappa shape index (κ1) is 26.8. The molecule has 3 aliphatic heterocycles. The Bertz CT molecular complexity index is 929. The molecule has 7 N–H and O–H groups in total. The van der Waals surface area contributed by atoms with Crippen LogP contribution in [0.4, 0.5) is 5.69 Å². The molecule has 16 nitrogen and oxygen atoms in total. The first-order valence-corrected chi connectivity index (χ1v) is 10.9. The van der Waals surface area contributed by atoms with Crippen molar-refractivity contribution in [2.75, 3.05) is 20.0 Å². The molecule has 2 saturated heterocycles. The summed E-state index contributed by atoms with van der Waals surface area (Å²) in [7, 11) is 0. The Morgan fingerprint density at radius 2 is 1.47 bits per heavy atom. The van der Waals surface area contributed by atoms with E-state index in [1.807, 2.05) is 0 Å². The molecule has 10 atom stereocenters. The molecule has 3 heterocycles. The Balaban J connectivity index is 1.45. The number of nitro groups is 1. The molecule has 0 spiro atoms. The molecule has 0 aliphatic carbocycles. The predicted octanol–water partition coefficient (Wildman–Crippen LogP) is -3.54. The van der Waals surface area contributed by atoms with E-state index in [0.29, 0.717) is 0 Å². The second-order valence-corrected chi connectivity index (χ2v) is 8.41. The van der Waals surface area contributed by atoms with Crippen molar-refractivity contribution in [3.8, 4) is 11.5 Å². The van der Waals surface area contributed by atoms with Crippen LogP contribution in [-0.4, -0.2) is 122 Å². The minimum Gasteiger partial charge on any atom is -0.454 e. The number of nitro benzene ring substituents is 1. The summed E-state index contributed by atoms with van der Waals surface area (Å²) in [6.07, 6.45) is -16.1. The van der Waals surface area contributed by atoms with Gasteiger partial charge in [0, 0.05) is 0 Å². The van der Waals surface area contributed by atoms with Crippen LogP contribution in [0.2, 0.25) is 0 Å². The van der Waals surface area contributed by atoms with E-state index in [0.717, 1.165) is 6.07 Å². The molecule has 0 saturated carbocycles. The number of aliphatic hydroxyl groups is 7. The molecule has 0 bridgehead atoms. The van der Waals surface area contributed by atoms with E-state index in [1.54, 1.807) is 0 Å². The highest BCUT2D eigenvalue weighted by Gasteiger charge is 2.50. The van der Waals surface area contributed by atoms with Gasteiger partial charge in [-0.2, -0.15) is 0 Å². The minimum absolute atomic E-state index is 0.0646. The smallest absolute Gasteiger partial charge is 0.278 e. The Morgan fingerprint density at radius 3 is 2.11 bits per heavy atom. The minimum atomic E-state index is -1.80. The number of benzene rings is 1. The number of ether oxygens (including phenoxy) is 6. The summed E-state index contributed by atoms with van der Waals surface area (Å²) < 4.78 is 32.0. The average molecular weight is 521 g/mol. The lowest BCUT2D eigenvalue weighted by molar-refractivity contribution is -0.386. The largest absolute Gasteiger partial charge is 0.454 e. The molecule has 1 aromatic carbocycles. The standard InChI is InChI=1S/C20H27NO15/c22-3-11-13(24)14(25)16(27)20(34-11)36-18-12(4-23)35-19(17(28)15(18)26)31-5-7-1-9-10(33-6-32-9)2-8(7)21(29)30/h1-2,11-20,22-28H,3-6H2/t11?,12?,13-,14?,15?,16?,17?,18+,19+,20-/m0/s1. The molecule has 0 radical (unpaired) electrons. The number of hydrogen-bond donors (Lipinski definition) is 7. The van der Waals surface area contributed by atoms with Gasteiger partial charge in [0.25, 0.3) is 5.69 Å². The number of rotatable bonds is 8. The third kappa shape index (κ3) is 5.11. The van der Waals surface area contributed by atoms with Crippen LogP contribution >= 0.6 is 0 Å². The molecular weight excluding hydrogens is 494 g/mol. The van der Waals surface area contributed by atoms with Crippen molar-refractivity contribution in [3.05, 3.63) is 27.8 Å². The highest BCUT2D eigenvalue weighted by atomic mass is 16.7. The van der Waals surface area contributed by atoms with E-state index in [2.05, 4.69) is 0 Å². The van der Waals surface area contributed by atoms with E-state index in [4.69, 9.17) is 28.4 Å². The molecular formula is C20H27NO15. The fraction of sp³-hybridized carbons (Fsp3) is 0.700. The molecule has 0 aromatic heterocycles. The lowest BCUT2D eigenvalue weighted by atomic mass is 9.97. The highest BCUT2D eigenvalue weighted by Crippen LogP contribution is 2.38. The lowest BCUT2D eigenvalue weighted by Gasteiger charge is -2.45. The summed E-state index contributed by atoms with van der Waals surface area (Å²) in [6.45, 7) is -2.03. The first-order chi connectivity index (χ1) is 17.2. The maximum absolute atomic E-state index is 11.4. The van der Waals surface area contributed by atoms with Crippen molar-refractivity contribution in [3.63, 3.8) is 0 Å². The molecule has 16 heteroatoms. The van der Waals surface area contributed by atoms with Gasteiger partial charge in [0.1, 0.15) is 48.8 Å². The zero-order chi connectivity index (χ0) is 26.1. The van der Waals surface area contributed by atoms with E-state index in [1.165, 1.54) is 6.07 Å². The van der Waals surface area contributed by atoms with Gasteiger partial charge in [-0.15, -0.1) is 0 Å². The third-order valence-corrected chi connectivity index (χ3v) is 6.13. The van der Waals surface area contributed by atoms with Crippen molar-refractivity contribution >= 4 is 5.69 Å². The molecule has 6 unspecified atom stereocenters. The quantitative estimate of drug-likeness (QED) is 0.129. The normalized spacial score (nSPS) is 38.2. The van der Waals surface area contributed by atoms with E-state index >= 15 is 0 Å². The Kier molecular flexibility index (Phi) is 8.22. The zero-order valence-electron chi connectivity index (χ0n) is 18.6. The topological polar surface area (TPSA) is 240 Å². The van der Waals surface area contributed by atoms with Gasteiger partial charge in [-0.1, -0.05) is 0 Å². The summed E-state index contributed by atoms with van der Waals surface area (Å²) >= 11 is 0. The fourth-order valence-corrected chi connectivity index (χ4v) is 4.12. The van der Waals surface area contributed by atoms with Gasteiger partial charge in [0.05, 0.1) is 36.4 Å². The van der Waals surface area contributed by atoms with Gasteiger partial charge in [-0.3, -0.25) is 10.1 Å². The van der Waals surface area contributed by atoms with E-state index < -0.39 is 86.2 Å². The van der Waals surface area contributed by atoms with Gasteiger partial charge in [0.15, 0.2) is 24.1 Å². The van der Waals surface area contributed by atoms with Gasteiger partial charge in [-0.05, 0) is 6.07 Å². The molecule has 2 fully saturated rings. The zero-order valence-corrected chi connectivity index (χ0v) is 18.6. The Labute approximate surface area is 202 Å². The average Bonchev–Trinajstić information content (AvgIpc) is 3.33. The van der Waals surface area contributed by atoms with Gasteiger partial charge < -0.3 is 64.2 Å². The number of hydrogen-bond acceptors (Lipinski definition) is 15. The van der Waals surface area contributed by atoms with Crippen molar-refractivity contribution in [2.24, 2.45) is 0 Å². The summed E-state index contributed by atoms with van der Waals surface area (Å²) in [6, 6.07) is 2.50. The molecule has 1 aromatic rings. The van der Waals surface area contributed by atoms with Crippen LogP contribution in [-0.2, 0) is 25.6 Å².